The molecule has 0 radical (unpaired) electrons. The Balaban J connectivity index is 1.60. The van der Waals surface area contributed by atoms with Crippen molar-refractivity contribution in [2.24, 2.45) is 5.92 Å². The smallest absolute Gasteiger partial charge is 0.221 e. The fourth-order valence-corrected chi connectivity index (χ4v) is 5.06. The molecule has 1 heterocycles. The first kappa shape index (κ1) is 31.1. The van der Waals surface area contributed by atoms with Crippen molar-refractivity contribution in [1.29, 1.82) is 0 Å². The van der Waals surface area contributed by atoms with Gasteiger partial charge in [-0.15, -0.1) is 0 Å². The van der Waals surface area contributed by atoms with E-state index in [0.717, 1.165) is 52.6 Å². The Hall–Kier alpha value is -3.81. The second-order valence-electron chi connectivity index (χ2n) is 11.1. The van der Waals surface area contributed by atoms with Gasteiger partial charge in [-0.2, -0.15) is 0 Å². The normalized spacial score (nSPS) is 12.7. The fourth-order valence-electron chi connectivity index (χ4n) is 5.06. The molecule has 222 valence electrons. The lowest BCUT2D eigenvalue weighted by atomic mass is 10.0. The van der Waals surface area contributed by atoms with Gasteiger partial charge in [0.05, 0.1) is 5.56 Å². The molecule has 7 heteroatoms. The number of phenols is 1. The molecule has 0 bridgehead atoms. The van der Waals surface area contributed by atoms with Crippen molar-refractivity contribution in [2.45, 2.75) is 73.5 Å². The van der Waals surface area contributed by atoms with Crippen molar-refractivity contribution in [1.82, 2.24) is 15.0 Å². The molecule has 0 aliphatic rings. The van der Waals surface area contributed by atoms with Crippen molar-refractivity contribution >= 4 is 0 Å². The number of ether oxygens (including phenoxy) is 2. The van der Waals surface area contributed by atoms with Gasteiger partial charge in [-0.1, -0.05) is 80.6 Å². The topological polar surface area (TPSA) is 97.6 Å². The van der Waals surface area contributed by atoms with Crippen LogP contribution >= 0.6 is 0 Å². The Labute approximate surface area is 249 Å². The maximum Gasteiger partial charge on any atom is 0.221 e. The van der Waals surface area contributed by atoms with Crippen LogP contribution in [0.4, 0.5) is 0 Å². The lowest BCUT2D eigenvalue weighted by Gasteiger charge is -2.18. The Morgan fingerprint density at radius 2 is 1.26 bits per heavy atom. The van der Waals surface area contributed by atoms with Crippen LogP contribution < -0.4 is 4.74 Å². The molecule has 2 N–H and O–H groups in total. The van der Waals surface area contributed by atoms with Gasteiger partial charge in [0.2, 0.25) is 6.29 Å². The summed E-state index contributed by atoms with van der Waals surface area (Å²) in [5, 5.41) is 21.4. The zero-order chi connectivity index (χ0) is 30.2. The summed E-state index contributed by atoms with van der Waals surface area (Å²) in [4.78, 5) is 14.4. The summed E-state index contributed by atoms with van der Waals surface area (Å²) < 4.78 is 11.4. The highest BCUT2D eigenvalue weighted by Gasteiger charge is 2.18. The molecular formula is C35H43N3O4. The van der Waals surface area contributed by atoms with E-state index in [1.54, 1.807) is 12.1 Å². The lowest BCUT2D eigenvalue weighted by molar-refractivity contribution is -0.0829. The minimum absolute atomic E-state index is 0.0527. The predicted octanol–water partition coefficient (Wildman–Crippen LogP) is 7.74. The van der Waals surface area contributed by atoms with Crippen molar-refractivity contribution in [3.8, 4) is 45.7 Å². The Kier molecular flexibility index (Phi) is 10.7. The lowest BCUT2D eigenvalue weighted by Crippen LogP contribution is -2.24. The van der Waals surface area contributed by atoms with Crippen molar-refractivity contribution in [3.63, 3.8) is 0 Å². The number of unbranched alkanes of at least 4 members (excludes halogenated alkanes) is 1. The molecule has 4 rings (SSSR count). The van der Waals surface area contributed by atoms with Crippen LogP contribution in [0.5, 0.6) is 11.5 Å². The van der Waals surface area contributed by atoms with Crippen LogP contribution in [0.25, 0.3) is 34.2 Å². The monoisotopic (exact) mass is 569 g/mol. The number of phenolic OH excluding ortho intramolecular Hbond substituents is 1. The van der Waals surface area contributed by atoms with Gasteiger partial charge in [0.25, 0.3) is 0 Å². The Morgan fingerprint density at radius 1 is 0.714 bits per heavy atom. The number of aromatic hydroxyl groups is 1. The number of aromatic nitrogens is 3. The number of rotatable bonds is 13. The molecule has 1 aromatic heterocycles. The molecule has 0 saturated heterocycles. The van der Waals surface area contributed by atoms with Crippen LogP contribution in [-0.4, -0.2) is 44.7 Å². The average Bonchev–Trinajstić information content (AvgIpc) is 2.94. The van der Waals surface area contributed by atoms with E-state index in [4.69, 9.17) is 24.4 Å². The van der Waals surface area contributed by atoms with Crippen LogP contribution in [0.2, 0.25) is 0 Å². The van der Waals surface area contributed by atoms with Crippen LogP contribution in [0.1, 0.15) is 61.8 Å². The maximum absolute atomic E-state index is 11.0. The van der Waals surface area contributed by atoms with Crippen LogP contribution in [0, 0.1) is 33.6 Å². The average molecular weight is 570 g/mol. The van der Waals surface area contributed by atoms with E-state index in [2.05, 4.69) is 39.8 Å². The molecule has 4 aromatic rings. The van der Waals surface area contributed by atoms with E-state index in [-0.39, 0.29) is 12.4 Å². The minimum Gasteiger partial charge on any atom is -0.507 e. The first-order valence-corrected chi connectivity index (χ1v) is 14.9. The third-order valence-electron chi connectivity index (χ3n) is 7.52. The summed E-state index contributed by atoms with van der Waals surface area (Å²) >= 11 is 0. The standard InChI is InChI=1S/C35H43N3O4/c1-7-9-10-26(8-2)20-41-21-32(40)42-27-13-16-30(31(39)19-27)35-37-33(28-14-11-22(3)17-24(28)5)36-34(38-35)29-15-12-23(4)18-25(29)6/h11-19,26,32,39-40H,7-10,20-21H2,1-6H3. The number of aryl methyl sites for hydroxylation is 4. The molecule has 0 saturated carbocycles. The summed E-state index contributed by atoms with van der Waals surface area (Å²) in [6.45, 7) is 13.2. The van der Waals surface area contributed by atoms with Gasteiger partial charge >= 0.3 is 0 Å². The summed E-state index contributed by atoms with van der Waals surface area (Å²) in [7, 11) is 0. The number of benzene rings is 3. The van der Waals surface area contributed by atoms with Crippen LogP contribution in [0.15, 0.2) is 54.6 Å². The van der Waals surface area contributed by atoms with Gasteiger partial charge in [0, 0.05) is 23.8 Å². The second-order valence-corrected chi connectivity index (χ2v) is 11.1. The largest absolute Gasteiger partial charge is 0.507 e. The highest BCUT2D eigenvalue weighted by Crippen LogP contribution is 2.34. The summed E-state index contributed by atoms with van der Waals surface area (Å²) in [6.07, 6.45) is 3.34. The van der Waals surface area contributed by atoms with Crippen LogP contribution in [-0.2, 0) is 4.74 Å². The Morgan fingerprint density at radius 3 is 1.76 bits per heavy atom. The van der Waals surface area contributed by atoms with E-state index >= 15 is 0 Å². The highest BCUT2D eigenvalue weighted by molar-refractivity contribution is 5.72. The molecule has 7 nitrogen and oxygen atoms in total. The Bertz CT molecular complexity index is 1430. The van der Waals surface area contributed by atoms with Crippen molar-refractivity contribution < 1.29 is 19.7 Å². The third kappa shape index (κ3) is 7.93. The minimum atomic E-state index is -1.15. The molecule has 0 amide bonds. The molecule has 0 fully saturated rings. The zero-order valence-corrected chi connectivity index (χ0v) is 25.6. The predicted molar refractivity (Wildman–Crippen MR) is 168 cm³/mol. The van der Waals surface area contributed by atoms with Gasteiger partial charge < -0.3 is 19.7 Å². The molecule has 2 unspecified atom stereocenters. The van der Waals surface area contributed by atoms with Gasteiger partial charge in [0.1, 0.15) is 18.1 Å². The van der Waals surface area contributed by atoms with E-state index in [1.807, 2.05) is 38.1 Å². The van der Waals surface area contributed by atoms with E-state index in [1.165, 1.54) is 12.5 Å². The van der Waals surface area contributed by atoms with Gasteiger partial charge in [-0.25, -0.2) is 15.0 Å². The highest BCUT2D eigenvalue weighted by atomic mass is 16.6. The van der Waals surface area contributed by atoms with E-state index in [9.17, 15) is 10.2 Å². The molecule has 42 heavy (non-hydrogen) atoms. The maximum atomic E-state index is 11.0. The summed E-state index contributed by atoms with van der Waals surface area (Å²) in [6, 6.07) is 17.2. The SMILES string of the molecule is CCCCC(CC)COCC(O)Oc1ccc(-c2nc(-c3ccc(C)cc3C)nc(-c3ccc(C)cc3C)n2)c(O)c1. The fraction of sp³-hybridized carbons (Fsp3) is 0.400. The first-order valence-electron chi connectivity index (χ1n) is 14.9. The second kappa shape index (κ2) is 14.4. The summed E-state index contributed by atoms with van der Waals surface area (Å²) in [5.74, 6) is 2.15. The number of hydrogen-bond donors (Lipinski definition) is 2. The quantitative estimate of drug-likeness (QED) is 0.159. The molecule has 0 aliphatic carbocycles. The molecular weight excluding hydrogens is 526 g/mol. The number of nitrogens with zero attached hydrogens (tertiary/aromatic N) is 3. The number of aliphatic hydroxyl groups is 1. The van der Waals surface area contributed by atoms with Gasteiger partial charge in [-0.3, -0.25) is 0 Å². The first-order chi connectivity index (χ1) is 20.2. The third-order valence-corrected chi connectivity index (χ3v) is 7.52. The molecule has 3 aromatic carbocycles. The van der Waals surface area contributed by atoms with E-state index < -0.39 is 6.29 Å². The molecule has 0 spiro atoms. The zero-order valence-electron chi connectivity index (χ0n) is 25.6. The van der Waals surface area contributed by atoms with Gasteiger partial charge in [0.15, 0.2) is 17.5 Å². The van der Waals surface area contributed by atoms with Gasteiger partial charge in [-0.05, 0) is 63.3 Å². The molecule has 0 aliphatic heterocycles. The van der Waals surface area contributed by atoms with Crippen LogP contribution in [0.3, 0.4) is 0 Å². The number of hydrogen-bond acceptors (Lipinski definition) is 7. The van der Waals surface area contributed by atoms with E-state index in [0.29, 0.717) is 41.3 Å². The van der Waals surface area contributed by atoms with Crippen molar-refractivity contribution in [3.05, 3.63) is 76.9 Å². The number of aliphatic hydroxyl groups excluding tert-OH is 1. The van der Waals surface area contributed by atoms with Crippen molar-refractivity contribution in [2.75, 3.05) is 13.2 Å². The molecule has 2 atom stereocenters. The summed E-state index contributed by atoms with van der Waals surface area (Å²) in [5.41, 5.74) is 6.66.